The van der Waals surface area contributed by atoms with Crippen molar-refractivity contribution in [1.82, 2.24) is 0 Å². The number of benzene rings is 2. The number of hydrogen-bond donors (Lipinski definition) is 0. The zero-order valence-corrected chi connectivity index (χ0v) is 13.3. The molecule has 2 heteroatoms. The van der Waals surface area contributed by atoms with Gasteiger partial charge in [0.25, 0.3) is 0 Å². The van der Waals surface area contributed by atoms with Gasteiger partial charge in [0.1, 0.15) is 5.78 Å². The fourth-order valence-corrected chi connectivity index (χ4v) is 4.26. The molecule has 1 saturated carbocycles. The van der Waals surface area contributed by atoms with Crippen molar-refractivity contribution in [2.75, 3.05) is 0 Å². The Bertz CT molecular complexity index is 788. The highest BCUT2D eigenvalue weighted by Crippen LogP contribution is 2.48. The van der Waals surface area contributed by atoms with Crippen molar-refractivity contribution in [3.63, 3.8) is 0 Å². The highest BCUT2D eigenvalue weighted by molar-refractivity contribution is 6.13. The number of ketones is 2. The molecule has 0 heterocycles. The van der Waals surface area contributed by atoms with Gasteiger partial charge in [-0.2, -0.15) is 0 Å². The van der Waals surface area contributed by atoms with Crippen LogP contribution in [0.3, 0.4) is 0 Å². The normalized spacial score (nSPS) is 26.0. The number of rotatable bonds is 2. The van der Waals surface area contributed by atoms with Crippen molar-refractivity contribution in [3.05, 3.63) is 70.8 Å². The van der Waals surface area contributed by atoms with Crippen LogP contribution in [0, 0.1) is 12.3 Å². The SMILES string of the molecule is Cc1ccc(CC23Cc4ccccc4C(CCC2=O)C3=O)cc1. The second-order valence-corrected chi connectivity index (χ2v) is 7.00. The molecule has 0 aromatic heterocycles. The van der Waals surface area contributed by atoms with Crippen molar-refractivity contribution in [2.45, 2.75) is 38.5 Å². The largest absolute Gasteiger partial charge is 0.299 e. The predicted molar refractivity (Wildman–Crippen MR) is 89.5 cm³/mol. The topological polar surface area (TPSA) is 34.1 Å². The van der Waals surface area contributed by atoms with Gasteiger partial charge in [-0.15, -0.1) is 0 Å². The minimum Gasteiger partial charge on any atom is -0.299 e. The summed E-state index contributed by atoms with van der Waals surface area (Å²) in [6.45, 7) is 2.05. The average Bonchev–Trinajstić information content (AvgIpc) is 2.55. The van der Waals surface area contributed by atoms with Crippen LogP contribution in [0.25, 0.3) is 0 Å². The molecule has 2 unspecified atom stereocenters. The van der Waals surface area contributed by atoms with Crippen LogP contribution in [0.2, 0.25) is 0 Å². The quantitative estimate of drug-likeness (QED) is 0.791. The Morgan fingerprint density at radius 1 is 1.04 bits per heavy atom. The highest BCUT2D eigenvalue weighted by atomic mass is 16.2. The molecule has 2 nitrogen and oxygen atoms in total. The van der Waals surface area contributed by atoms with Gasteiger partial charge in [0.15, 0.2) is 5.78 Å². The summed E-state index contributed by atoms with van der Waals surface area (Å²) in [5.41, 5.74) is 3.76. The lowest BCUT2D eigenvalue weighted by molar-refractivity contribution is -0.146. The maximum atomic E-state index is 13.2. The number of fused-ring (bicyclic) bond motifs is 4. The van der Waals surface area contributed by atoms with Gasteiger partial charge in [-0.25, -0.2) is 0 Å². The summed E-state index contributed by atoms with van der Waals surface area (Å²) < 4.78 is 0. The molecule has 2 aliphatic carbocycles. The summed E-state index contributed by atoms with van der Waals surface area (Å²) in [6, 6.07) is 16.4. The van der Waals surface area contributed by atoms with E-state index in [1.54, 1.807) is 0 Å². The Hall–Kier alpha value is -2.22. The second kappa shape index (κ2) is 5.16. The van der Waals surface area contributed by atoms with Crippen LogP contribution in [-0.2, 0) is 22.4 Å². The first kappa shape index (κ1) is 14.4. The molecule has 23 heavy (non-hydrogen) atoms. The first-order valence-corrected chi connectivity index (χ1v) is 8.31. The molecular formula is C21H20O2. The fraction of sp³-hybridized carbons (Fsp3) is 0.333. The molecule has 0 aliphatic heterocycles. The molecule has 0 saturated heterocycles. The van der Waals surface area contributed by atoms with Gasteiger partial charge in [0.05, 0.1) is 5.41 Å². The molecule has 2 aromatic carbocycles. The zero-order chi connectivity index (χ0) is 16.0. The smallest absolute Gasteiger partial charge is 0.154 e. The highest BCUT2D eigenvalue weighted by Gasteiger charge is 2.54. The Morgan fingerprint density at radius 3 is 2.57 bits per heavy atom. The zero-order valence-electron chi connectivity index (χ0n) is 13.3. The van der Waals surface area contributed by atoms with E-state index in [1.807, 2.05) is 19.1 Å². The molecule has 2 aliphatic rings. The van der Waals surface area contributed by atoms with Gasteiger partial charge < -0.3 is 0 Å². The molecule has 0 amide bonds. The lowest BCUT2D eigenvalue weighted by atomic mass is 9.56. The van der Waals surface area contributed by atoms with E-state index in [0.29, 0.717) is 25.7 Å². The molecule has 116 valence electrons. The van der Waals surface area contributed by atoms with E-state index in [9.17, 15) is 9.59 Å². The minimum absolute atomic E-state index is 0.0944. The van der Waals surface area contributed by atoms with Crippen molar-refractivity contribution < 1.29 is 9.59 Å². The maximum absolute atomic E-state index is 13.2. The molecule has 0 spiro atoms. The van der Waals surface area contributed by atoms with Gasteiger partial charge in [0.2, 0.25) is 0 Å². The Kier molecular flexibility index (Phi) is 3.22. The lowest BCUT2D eigenvalue weighted by Crippen LogP contribution is -2.52. The number of aryl methyl sites for hydroxylation is 1. The van der Waals surface area contributed by atoms with Crippen molar-refractivity contribution >= 4 is 11.6 Å². The summed E-state index contributed by atoms with van der Waals surface area (Å²) in [7, 11) is 0. The molecule has 0 N–H and O–H groups in total. The van der Waals surface area contributed by atoms with E-state index in [0.717, 1.165) is 11.1 Å². The summed E-state index contributed by atoms with van der Waals surface area (Å²) in [5, 5.41) is 0. The first-order valence-electron chi connectivity index (χ1n) is 8.31. The standard InChI is InChI=1S/C21H20O2/c1-14-6-8-15(9-7-14)12-21-13-16-4-2-3-5-17(16)18(20(21)23)10-11-19(21)22/h2-9,18H,10-13H2,1H3. The van der Waals surface area contributed by atoms with E-state index in [2.05, 4.69) is 36.4 Å². The second-order valence-electron chi connectivity index (χ2n) is 7.00. The average molecular weight is 304 g/mol. The summed E-state index contributed by atoms with van der Waals surface area (Å²) >= 11 is 0. The van der Waals surface area contributed by atoms with Crippen molar-refractivity contribution in [2.24, 2.45) is 5.41 Å². The third-order valence-corrected chi connectivity index (χ3v) is 5.53. The van der Waals surface area contributed by atoms with E-state index in [1.165, 1.54) is 11.1 Å². The predicted octanol–water partition coefficient (Wildman–Crippen LogP) is 3.80. The summed E-state index contributed by atoms with van der Waals surface area (Å²) in [6.07, 6.45) is 2.29. The summed E-state index contributed by atoms with van der Waals surface area (Å²) in [5.74, 6) is 0.185. The summed E-state index contributed by atoms with van der Waals surface area (Å²) in [4.78, 5) is 26.0. The molecular weight excluding hydrogens is 284 g/mol. The van der Waals surface area contributed by atoms with Crippen LogP contribution in [0.4, 0.5) is 0 Å². The van der Waals surface area contributed by atoms with Gasteiger partial charge in [0, 0.05) is 12.3 Å². The van der Waals surface area contributed by atoms with Crippen molar-refractivity contribution in [1.29, 1.82) is 0 Å². The monoisotopic (exact) mass is 304 g/mol. The van der Waals surface area contributed by atoms with Gasteiger partial charge >= 0.3 is 0 Å². The van der Waals surface area contributed by atoms with Crippen LogP contribution in [-0.4, -0.2) is 11.6 Å². The minimum atomic E-state index is -0.841. The molecule has 0 radical (unpaired) electrons. The van der Waals surface area contributed by atoms with Crippen molar-refractivity contribution in [3.8, 4) is 0 Å². The van der Waals surface area contributed by atoms with E-state index < -0.39 is 5.41 Å². The van der Waals surface area contributed by atoms with Gasteiger partial charge in [-0.3, -0.25) is 9.59 Å². The number of Topliss-reactive ketones (excluding diaryl/α,β-unsaturated/α-hetero) is 2. The Balaban J connectivity index is 1.80. The molecule has 1 fully saturated rings. The van der Waals surface area contributed by atoms with Gasteiger partial charge in [-0.05, 0) is 42.9 Å². The van der Waals surface area contributed by atoms with E-state index in [4.69, 9.17) is 0 Å². The number of carbonyl (C=O) groups excluding carboxylic acids is 2. The Labute approximate surface area is 136 Å². The molecule has 4 rings (SSSR count). The van der Waals surface area contributed by atoms with Crippen LogP contribution in [0.1, 0.15) is 41.0 Å². The Morgan fingerprint density at radius 2 is 1.78 bits per heavy atom. The molecule has 2 bridgehead atoms. The fourth-order valence-electron chi connectivity index (χ4n) is 4.26. The number of carbonyl (C=O) groups is 2. The van der Waals surface area contributed by atoms with Crippen LogP contribution in [0.5, 0.6) is 0 Å². The molecule has 2 aromatic rings. The maximum Gasteiger partial charge on any atom is 0.154 e. The van der Waals surface area contributed by atoms with Gasteiger partial charge in [-0.1, -0.05) is 54.1 Å². The molecule has 2 atom stereocenters. The third kappa shape index (κ3) is 2.16. The van der Waals surface area contributed by atoms with Crippen LogP contribution < -0.4 is 0 Å². The van der Waals surface area contributed by atoms with E-state index >= 15 is 0 Å². The van der Waals surface area contributed by atoms with Crippen LogP contribution in [0.15, 0.2) is 48.5 Å². The van der Waals surface area contributed by atoms with Crippen LogP contribution >= 0.6 is 0 Å². The first-order chi connectivity index (χ1) is 11.1. The lowest BCUT2D eigenvalue weighted by Gasteiger charge is -2.43. The van der Waals surface area contributed by atoms with E-state index in [-0.39, 0.29) is 17.5 Å². The third-order valence-electron chi connectivity index (χ3n) is 5.53. The number of hydrogen-bond acceptors (Lipinski definition) is 2.